The van der Waals surface area contributed by atoms with Crippen LogP contribution >= 0.6 is 11.3 Å². The van der Waals surface area contributed by atoms with Gasteiger partial charge in [-0.3, -0.25) is 0 Å². The van der Waals surface area contributed by atoms with Crippen molar-refractivity contribution in [3.05, 3.63) is 39.9 Å². The maximum atomic E-state index is 6.07. The highest BCUT2D eigenvalue weighted by atomic mass is 32.1. The van der Waals surface area contributed by atoms with Crippen LogP contribution in [-0.2, 0) is 13.0 Å². The van der Waals surface area contributed by atoms with Crippen LogP contribution in [0.5, 0.6) is 0 Å². The molecule has 0 fully saturated rings. The quantitative estimate of drug-likeness (QED) is 0.801. The Morgan fingerprint density at radius 3 is 2.89 bits per heavy atom. The molecule has 1 aromatic carbocycles. The molecule has 0 spiro atoms. The fourth-order valence-electron chi connectivity index (χ4n) is 2.36. The molecule has 0 aliphatic carbocycles. The minimum absolute atomic E-state index is 0.883. The summed E-state index contributed by atoms with van der Waals surface area (Å²) in [5.74, 6) is 0. The molecule has 1 aliphatic heterocycles. The van der Waals surface area contributed by atoms with Gasteiger partial charge in [0.2, 0.25) is 0 Å². The Morgan fingerprint density at radius 2 is 2.17 bits per heavy atom. The third-order valence-corrected chi connectivity index (χ3v) is 4.73. The van der Waals surface area contributed by atoms with E-state index in [2.05, 4.69) is 29.8 Å². The number of aromatic nitrogens is 1. The summed E-state index contributed by atoms with van der Waals surface area (Å²) >= 11 is 1.78. The van der Waals surface area contributed by atoms with Gasteiger partial charge in [0.15, 0.2) is 5.13 Å². The minimum Gasteiger partial charge on any atom is -0.398 e. The molecular weight excluding hydrogens is 242 g/mol. The number of nitrogens with two attached hydrogens (primary N) is 1. The predicted octanol–water partition coefficient (Wildman–Crippen LogP) is 2.90. The summed E-state index contributed by atoms with van der Waals surface area (Å²) in [6, 6.07) is 6.21. The van der Waals surface area contributed by atoms with Crippen LogP contribution in [0.15, 0.2) is 18.2 Å². The lowest BCUT2D eigenvalue weighted by atomic mass is 9.98. The van der Waals surface area contributed by atoms with Crippen molar-refractivity contribution >= 4 is 22.2 Å². The van der Waals surface area contributed by atoms with Crippen LogP contribution in [-0.4, -0.2) is 11.5 Å². The summed E-state index contributed by atoms with van der Waals surface area (Å²) < 4.78 is 0. The van der Waals surface area contributed by atoms with E-state index in [0.29, 0.717) is 0 Å². The zero-order valence-electron chi connectivity index (χ0n) is 10.7. The number of rotatable bonds is 1. The first-order valence-electron chi connectivity index (χ1n) is 6.20. The highest BCUT2D eigenvalue weighted by Gasteiger charge is 2.20. The first-order valence-corrected chi connectivity index (χ1v) is 7.02. The molecule has 2 N–H and O–H groups in total. The van der Waals surface area contributed by atoms with Gasteiger partial charge in [0, 0.05) is 23.7 Å². The Labute approximate surface area is 111 Å². The second-order valence-electron chi connectivity index (χ2n) is 4.79. The number of fused-ring (bicyclic) bond motifs is 1. The Hall–Kier alpha value is -1.55. The van der Waals surface area contributed by atoms with Crippen LogP contribution in [0.1, 0.15) is 21.7 Å². The molecule has 2 aromatic rings. The second-order valence-corrected chi connectivity index (χ2v) is 5.98. The fourth-order valence-corrected chi connectivity index (χ4v) is 3.30. The summed E-state index contributed by atoms with van der Waals surface area (Å²) in [5.41, 5.74) is 10.8. The molecule has 2 heterocycles. The van der Waals surface area contributed by atoms with Gasteiger partial charge in [0.05, 0.1) is 5.69 Å². The standard InChI is InChI=1S/C14H17N3S/c1-9-10(2)18-14(16-9)17-7-6-11-4-3-5-13(15)12(11)8-17/h3-5H,6-8,15H2,1-2H3. The summed E-state index contributed by atoms with van der Waals surface area (Å²) in [4.78, 5) is 8.28. The van der Waals surface area contributed by atoms with E-state index in [1.165, 1.54) is 16.0 Å². The van der Waals surface area contributed by atoms with Crippen LogP contribution in [0.25, 0.3) is 0 Å². The van der Waals surface area contributed by atoms with Crippen molar-refractivity contribution in [3.8, 4) is 0 Å². The van der Waals surface area contributed by atoms with Crippen molar-refractivity contribution in [3.63, 3.8) is 0 Å². The molecule has 0 saturated heterocycles. The van der Waals surface area contributed by atoms with Crippen molar-refractivity contribution in [1.29, 1.82) is 0 Å². The molecular formula is C14H17N3S. The average Bonchev–Trinajstić information content (AvgIpc) is 2.70. The maximum Gasteiger partial charge on any atom is 0.186 e. The maximum absolute atomic E-state index is 6.07. The van der Waals surface area contributed by atoms with Crippen LogP contribution in [0.3, 0.4) is 0 Å². The van der Waals surface area contributed by atoms with Gasteiger partial charge in [-0.25, -0.2) is 4.98 Å². The van der Waals surface area contributed by atoms with E-state index in [1.807, 2.05) is 12.1 Å². The molecule has 0 bridgehead atoms. The third-order valence-electron chi connectivity index (χ3n) is 3.60. The van der Waals surface area contributed by atoms with Gasteiger partial charge < -0.3 is 10.6 Å². The lowest BCUT2D eigenvalue weighted by Gasteiger charge is -2.29. The minimum atomic E-state index is 0.883. The lowest BCUT2D eigenvalue weighted by Crippen LogP contribution is -2.30. The Bertz CT molecular complexity index is 569. The normalized spacial score (nSPS) is 14.7. The number of thiazole rings is 1. The zero-order chi connectivity index (χ0) is 12.7. The van der Waals surface area contributed by atoms with E-state index >= 15 is 0 Å². The van der Waals surface area contributed by atoms with Crippen molar-refractivity contribution in [2.45, 2.75) is 26.8 Å². The van der Waals surface area contributed by atoms with Crippen LogP contribution in [0.4, 0.5) is 10.8 Å². The molecule has 0 atom stereocenters. The number of anilines is 2. The van der Waals surface area contributed by atoms with Gasteiger partial charge in [0.25, 0.3) is 0 Å². The van der Waals surface area contributed by atoms with E-state index in [1.54, 1.807) is 11.3 Å². The lowest BCUT2D eigenvalue weighted by molar-refractivity contribution is 0.730. The molecule has 3 rings (SSSR count). The van der Waals surface area contributed by atoms with Crippen molar-refractivity contribution in [2.24, 2.45) is 0 Å². The molecule has 0 radical (unpaired) electrons. The SMILES string of the molecule is Cc1nc(N2CCc3cccc(N)c3C2)sc1C. The summed E-state index contributed by atoms with van der Waals surface area (Å²) in [6.07, 6.45) is 1.05. The topological polar surface area (TPSA) is 42.2 Å². The van der Waals surface area contributed by atoms with Crippen molar-refractivity contribution in [2.75, 3.05) is 17.2 Å². The molecule has 1 aliphatic rings. The summed E-state index contributed by atoms with van der Waals surface area (Å²) in [7, 11) is 0. The number of nitrogens with zero attached hydrogens (tertiary/aromatic N) is 2. The molecule has 94 valence electrons. The predicted molar refractivity (Wildman–Crippen MR) is 77.2 cm³/mol. The van der Waals surface area contributed by atoms with E-state index in [-0.39, 0.29) is 0 Å². The third kappa shape index (κ3) is 1.86. The Balaban J connectivity index is 1.93. The van der Waals surface area contributed by atoms with E-state index in [0.717, 1.165) is 36.0 Å². The van der Waals surface area contributed by atoms with Gasteiger partial charge in [-0.15, -0.1) is 11.3 Å². The first-order chi connectivity index (χ1) is 8.65. The number of aryl methyl sites for hydroxylation is 2. The number of benzene rings is 1. The molecule has 1 aromatic heterocycles. The van der Waals surface area contributed by atoms with Gasteiger partial charge in [-0.05, 0) is 37.5 Å². The summed E-state index contributed by atoms with van der Waals surface area (Å²) in [6.45, 7) is 6.11. The molecule has 4 heteroatoms. The van der Waals surface area contributed by atoms with E-state index in [4.69, 9.17) is 5.73 Å². The second kappa shape index (κ2) is 4.28. The number of nitrogen functional groups attached to an aromatic ring is 1. The fraction of sp³-hybridized carbons (Fsp3) is 0.357. The largest absolute Gasteiger partial charge is 0.398 e. The van der Waals surface area contributed by atoms with Crippen LogP contribution in [0.2, 0.25) is 0 Å². The summed E-state index contributed by atoms with van der Waals surface area (Å²) in [5, 5.41) is 1.12. The van der Waals surface area contributed by atoms with Crippen LogP contribution < -0.4 is 10.6 Å². The first kappa shape index (κ1) is 11.5. The van der Waals surface area contributed by atoms with Crippen molar-refractivity contribution in [1.82, 2.24) is 4.98 Å². The molecule has 3 nitrogen and oxygen atoms in total. The number of hydrogen-bond donors (Lipinski definition) is 1. The molecule has 18 heavy (non-hydrogen) atoms. The highest BCUT2D eigenvalue weighted by Crippen LogP contribution is 2.31. The van der Waals surface area contributed by atoms with Gasteiger partial charge in [-0.1, -0.05) is 12.1 Å². The van der Waals surface area contributed by atoms with Crippen molar-refractivity contribution < 1.29 is 0 Å². The number of hydrogen-bond acceptors (Lipinski definition) is 4. The molecule has 0 amide bonds. The van der Waals surface area contributed by atoms with Gasteiger partial charge in [-0.2, -0.15) is 0 Å². The zero-order valence-corrected chi connectivity index (χ0v) is 11.5. The van der Waals surface area contributed by atoms with Gasteiger partial charge >= 0.3 is 0 Å². The monoisotopic (exact) mass is 259 g/mol. The molecule has 0 unspecified atom stereocenters. The smallest absolute Gasteiger partial charge is 0.186 e. The van der Waals surface area contributed by atoms with E-state index < -0.39 is 0 Å². The highest BCUT2D eigenvalue weighted by molar-refractivity contribution is 7.15. The Morgan fingerprint density at radius 1 is 1.33 bits per heavy atom. The van der Waals surface area contributed by atoms with Crippen LogP contribution in [0, 0.1) is 13.8 Å². The van der Waals surface area contributed by atoms with Gasteiger partial charge in [0.1, 0.15) is 0 Å². The average molecular weight is 259 g/mol. The Kier molecular flexibility index (Phi) is 2.74. The van der Waals surface area contributed by atoms with E-state index in [9.17, 15) is 0 Å². The molecule has 0 saturated carbocycles.